The molecule has 2 fully saturated rings. The third-order valence-corrected chi connectivity index (χ3v) is 6.85. The number of likely N-dealkylation sites (N-methyl/N-ethyl adjacent to an activating group) is 1. The van der Waals surface area contributed by atoms with Crippen molar-refractivity contribution in [2.45, 2.75) is 24.9 Å². The van der Waals surface area contributed by atoms with E-state index in [0.717, 1.165) is 41.1 Å². The van der Waals surface area contributed by atoms with Crippen molar-refractivity contribution in [2.75, 3.05) is 25.0 Å². The summed E-state index contributed by atoms with van der Waals surface area (Å²) in [5, 5.41) is 5.17. The third-order valence-electron chi connectivity index (χ3n) is 6.85. The number of likely N-dealkylation sites (tertiary alicyclic amines) is 1. The van der Waals surface area contributed by atoms with Crippen LogP contribution in [0.3, 0.4) is 0 Å². The Kier molecular flexibility index (Phi) is 4.69. The average Bonchev–Trinajstić information content (AvgIpc) is 3.54. The maximum absolute atomic E-state index is 13.1. The van der Waals surface area contributed by atoms with E-state index in [0.29, 0.717) is 23.3 Å². The summed E-state index contributed by atoms with van der Waals surface area (Å²) in [6.07, 6.45) is 8.66. The van der Waals surface area contributed by atoms with Crippen LogP contribution in [0.25, 0.3) is 22.2 Å². The number of hydrogen-bond acceptors (Lipinski definition) is 7. The minimum absolute atomic E-state index is 0.0374. The molecule has 166 valence electrons. The molecule has 0 spiro atoms. The minimum atomic E-state index is 0.0374. The molecule has 2 saturated heterocycles. The lowest BCUT2D eigenvalue weighted by Crippen LogP contribution is -2.44. The van der Waals surface area contributed by atoms with Crippen LogP contribution in [0, 0.1) is 0 Å². The summed E-state index contributed by atoms with van der Waals surface area (Å²) in [6, 6.07) is 10.7. The Morgan fingerprint density at radius 2 is 1.97 bits per heavy atom. The van der Waals surface area contributed by atoms with Crippen LogP contribution in [0.15, 0.2) is 55.1 Å². The van der Waals surface area contributed by atoms with Crippen molar-refractivity contribution in [1.29, 1.82) is 0 Å². The zero-order valence-corrected chi connectivity index (χ0v) is 18.7. The summed E-state index contributed by atoms with van der Waals surface area (Å²) in [4.78, 5) is 31.7. The molecule has 8 heteroatoms. The number of carbonyl (C=O) groups excluding carboxylic acids is 1. The van der Waals surface area contributed by atoms with Crippen LogP contribution in [-0.4, -0.2) is 67.6 Å². The lowest BCUT2D eigenvalue weighted by Gasteiger charge is -2.32. The first kappa shape index (κ1) is 20.0. The lowest BCUT2D eigenvalue weighted by atomic mass is 10.1. The van der Waals surface area contributed by atoms with Crippen LogP contribution in [0.2, 0.25) is 0 Å². The van der Waals surface area contributed by atoms with E-state index in [-0.39, 0.29) is 12.2 Å². The molecular weight excluding hydrogens is 414 g/mol. The summed E-state index contributed by atoms with van der Waals surface area (Å²) in [6.45, 7) is 2.03. The maximum Gasteiger partial charge on any atom is 0.169 e. The molecule has 4 aromatic heterocycles. The van der Waals surface area contributed by atoms with Gasteiger partial charge in [-0.05, 0) is 43.8 Å². The van der Waals surface area contributed by atoms with Crippen LogP contribution in [-0.2, 0) is 13.5 Å². The van der Waals surface area contributed by atoms with E-state index in [1.165, 1.54) is 6.42 Å². The van der Waals surface area contributed by atoms with Crippen molar-refractivity contribution in [3.05, 3.63) is 66.4 Å². The Labute approximate surface area is 191 Å². The van der Waals surface area contributed by atoms with Gasteiger partial charge in [-0.3, -0.25) is 19.4 Å². The maximum atomic E-state index is 13.1. The predicted octanol–water partition coefficient (Wildman–Crippen LogP) is 2.74. The summed E-state index contributed by atoms with van der Waals surface area (Å²) in [5.74, 6) is 0.936. The molecule has 2 bridgehead atoms. The molecule has 2 unspecified atom stereocenters. The van der Waals surface area contributed by atoms with Crippen LogP contribution >= 0.6 is 0 Å². The van der Waals surface area contributed by atoms with Gasteiger partial charge in [-0.25, -0.2) is 9.97 Å². The molecular formula is C25H25N7O. The number of rotatable bonds is 5. The SMILES string of the molecule is CN1CC2CC1CN2c1cc(C(=O)Cc2cc3nc(-c4cnn(C)c4)ccc3cn2)ccn1. The van der Waals surface area contributed by atoms with E-state index in [2.05, 4.69) is 31.9 Å². The standard InChI is InChI=1S/C25H25N7O/c1-30-14-21-10-20(30)15-32(21)25-7-16(5-6-26-25)24(33)9-19-8-23-17(11-27-19)3-4-22(29-23)18-12-28-31(2)13-18/h3-8,11-13,20-21H,9-10,14-15H2,1-2H3. The second-order valence-electron chi connectivity index (χ2n) is 9.11. The monoisotopic (exact) mass is 439 g/mol. The fraction of sp³-hybridized carbons (Fsp3) is 0.320. The van der Waals surface area contributed by atoms with E-state index >= 15 is 0 Å². The van der Waals surface area contributed by atoms with Crippen LogP contribution in [0.1, 0.15) is 22.5 Å². The highest BCUT2D eigenvalue weighted by Crippen LogP contribution is 2.33. The average molecular weight is 440 g/mol. The van der Waals surface area contributed by atoms with E-state index in [4.69, 9.17) is 4.98 Å². The van der Waals surface area contributed by atoms with Crippen molar-refractivity contribution in [1.82, 2.24) is 29.6 Å². The third kappa shape index (κ3) is 3.66. The van der Waals surface area contributed by atoms with Crippen molar-refractivity contribution >= 4 is 22.5 Å². The van der Waals surface area contributed by atoms with E-state index in [9.17, 15) is 4.79 Å². The topological polar surface area (TPSA) is 80.0 Å². The highest BCUT2D eigenvalue weighted by Gasteiger charge is 2.41. The summed E-state index contributed by atoms with van der Waals surface area (Å²) < 4.78 is 1.76. The second kappa shape index (κ2) is 7.74. The van der Waals surface area contributed by atoms with Gasteiger partial charge in [-0.1, -0.05) is 0 Å². The molecule has 6 rings (SSSR count). The number of carbonyl (C=O) groups is 1. The number of piperazine rings is 1. The number of Topliss-reactive ketones (excluding diaryl/α,β-unsaturated/α-hetero) is 1. The van der Waals surface area contributed by atoms with Gasteiger partial charge in [0.2, 0.25) is 0 Å². The van der Waals surface area contributed by atoms with Gasteiger partial charge >= 0.3 is 0 Å². The van der Waals surface area contributed by atoms with E-state index in [1.54, 1.807) is 29.3 Å². The summed E-state index contributed by atoms with van der Waals surface area (Å²) >= 11 is 0. The quantitative estimate of drug-likeness (QED) is 0.442. The number of aryl methyl sites for hydroxylation is 1. The highest BCUT2D eigenvalue weighted by atomic mass is 16.1. The number of aromatic nitrogens is 5. The number of fused-ring (bicyclic) bond motifs is 3. The Hall–Kier alpha value is -3.65. The first-order valence-corrected chi connectivity index (χ1v) is 11.2. The van der Waals surface area contributed by atoms with Crippen molar-refractivity contribution in [3.63, 3.8) is 0 Å². The molecule has 4 aromatic rings. The first-order valence-electron chi connectivity index (χ1n) is 11.2. The second-order valence-corrected chi connectivity index (χ2v) is 9.11. The van der Waals surface area contributed by atoms with Crippen LogP contribution in [0.5, 0.6) is 0 Å². The largest absolute Gasteiger partial charge is 0.351 e. The molecule has 0 aliphatic carbocycles. The molecule has 2 atom stereocenters. The normalized spacial score (nSPS) is 20.1. The first-order chi connectivity index (χ1) is 16.0. The molecule has 0 aromatic carbocycles. The highest BCUT2D eigenvalue weighted by molar-refractivity contribution is 5.98. The van der Waals surface area contributed by atoms with Gasteiger partial charge in [-0.15, -0.1) is 0 Å². The Morgan fingerprint density at radius 1 is 1.06 bits per heavy atom. The molecule has 0 N–H and O–H groups in total. The summed E-state index contributed by atoms with van der Waals surface area (Å²) in [5.41, 5.74) is 4.02. The van der Waals surface area contributed by atoms with Crippen molar-refractivity contribution < 1.29 is 4.79 Å². The minimum Gasteiger partial charge on any atom is -0.351 e. The lowest BCUT2D eigenvalue weighted by molar-refractivity contribution is 0.0992. The van der Waals surface area contributed by atoms with Gasteiger partial charge in [0, 0.05) is 67.3 Å². The number of anilines is 1. The van der Waals surface area contributed by atoms with Crippen LogP contribution in [0.4, 0.5) is 5.82 Å². The van der Waals surface area contributed by atoms with Crippen molar-refractivity contribution in [2.24, 2.45) is 7.05 Å². The van der Waals surface area contributed by atoms with Gasteiger partial charge in [0.05, 0.1) is 29.5 Å². The van der Waals surface area contributed by atoms with Crippen LogP contribution < -0.4 is 4.90 Å². The van der Waals surface area contributed by atoms with Gasteiger partial charge < -0.3 is 4.90 Å². The zero-order valence-electron chi connectivity index (χ0n) is 18.7. The zero-order chi connectivity index (χ0) is 22.5. The number of hydrogen-bond donors (Lipinski definition) is 0. The predicted molar refractivity (Wildman–Crippen MR) is 126 cm³/mol. The van der Waals surface area contributed by atoms with Gasteiger partial charge in [0.15, 0.2) is 5.78 Å². The smallest absolute Gasteiger partial charge is 0.169 e. The Bertz CT molecular complexity index is 1360. The molecule has 33 heavy (non-hydrogen) atoms. The Morgan fingerprint density at radius 3 is 2.73 bits per heavy atom. The summed E-state index contributed by atoms with van der Waals surface area (Å²) in [7, 11) is 4.07. The van der Waals surface area contributed by atoms with Gasteiger partial charge in [-0.2, -0.15) is 5.10 Å². The fourth-order valence-corrected chi connectivity index (χ4v) is 5.03. The molecule has 8 nitrogen and oxygen atoms in total. The molecule has 2 aliphatic rings. The molecule has 0 radical (unpaired) electrons. The fourth-order valence-electron chi connectivity index (χ4n) is 5.03. The number of ketones is 1. The van der Waals surface area contributed by atoms with E-state index < -0.39 is 0 Å². The van der Waals surface area contributed by atoms with Gasteiger partial charge in [0.1, 0.15) is 5.82 Å². The Balaban J connectivity index is 1.23. The molecule has 0 amide bonds. The molecule has 6 heterocycles. The van der Waals surface area contributed by atoms with E-state index in [1.807, 2.05) is 37.5 Å². The number of nitrogens with zero attached hydrogens (tertiary/aromatic N) is 7. The van der Waals surface area contributed by atoms with Gasteiger partial charge in [0.25, 0.3) is 0 Å². The van der Waals surface area contributed by atoms with Crippen molar-refractivity contribution in [3.8, 4) is 11.3 Å². The molecule has 2 aliphatic heterocycles. The number of pyridine rings is 3. The molecule has 0 saturated carbocycles.